The molecule has 0 aliphatic carbocycles. The monoisotopic (exact) mass is 332 g/mol. The van der Waals surface area contributed by atoms with Gasteiger partial charge in [0.25, 0.3) is 5.95 Å². The van der Waals surface area contributed by atoms with Gasteiger partial charge in [0, 0.05) is 0 Å². The summed E-state index contributed by atoms with van der Waals surface area (Å²) in [6.45, 7) is 3.44. The third kappa shape index (κ3) is 3.42. The Kier molecular flexibility index (Phi) is 4.87. The van der Waals surface area contributed by atoms with Crippen LogP contribution in [0.25, 0.3) is 0 Å². The number of hydrogen-bond acceptors (Lipinski definition) is 3. The van der Waals surface area contributed by atoms with Crippen molar-refractivity contribution in [2.45, 2.75) is 11.7 Å². The van der Waals surface area contributed by atoms with Crippen molar-refractivity contribution in [3.63, 3.8) is 0 Å². The van der Waals surface area contributed by atoms with Gasteiger partial charge >= 0.3 is 0 Å². The summed E-state index contributed by atoms with van der Waals surface area (Å²) < 4.78 is 5.62. The van der Waals surface area contributed by atoms with Crippen LogP contribution in [0, 0.1) is 0 Å². The third-order valence-electron chi connectivity index (χ3n) is 4.16. The molecule has 0 aliphatic heterocycles. The lowest BCUT2D eigenvalue weighted by molar-refractivity contribution is -0.0938. The van der Waals surface area contributed by atoms with E-state index in [1.54, 1.807) is 0 Å². The molecule has 0 heterocycles. The van der Waals surface area contributed by atoms with Crippen LogP contribution in [-0.4, -0.2) is 10.2 Å². The van der Waals surface area contributed by atoms with Crippen molar-refractivity contribution in [2.75, 3.05) is 0 Å². The minimum absolute atomic E-state index is 0.445. The molecule has 3 aromatic carbocycles. The second-order valence-electron chi connectivity index (χ2n) is 5.80. The van der Waals surface area contributed by atoms with Crippen LogP contribution in [0.4, 0.5) is 0 Å². The molecule has 0 saturated carbocycles. The molecule has 0 aromatic heterocycles. The highest BCUT2D eigenvalue weighted by atomic mass is 16.6. The Labute approximate surface area is 147 Å². The van der Waals surface area contributed by atoms with Gasteiger partial charge in [-0.2, -0.15) is 0 Å². The van der Waals surface area contributed by atoms with E-state index in [1.807, 2.05) is 91.0 Å². The zero-order valence-corrected chi connectivity index (χ0v) is 13.7. The molecule has 0 unspecified atom stereocenters. The van der Waals surface area contributed by atoms with E-state index < -0.39 is 17.7 Å². The summed E-state index contributed by atoms with van der Waals surface area (Å²) in [5.41, 5.74) is 0.552. The Hall–Kier alpha value is -3.04. The third-order valence-corrected chi connectivity index (χ3v) is 4.16. The van der Waals surface area contributed by atoms with Gasteiger partial charge in [0.2, 0.25) is 0 Å². The molecule has 3 heteroatoms. The first-order valence-corrected chi connectivity index (χ1v) is 8.05. The van der Waals surface area contributed by atoms with Gasteiger partial charge in [-0.25, -0.2) is 0 Å². The lowest BCUT2D eigenvalue weighted by Crippen LogP contribution is -2.36. The maximum atomic E-state index is 11.8. The molecular formula is C22H20O3. The first-order valence-electron chi connectivity index (χ1n) is 8.05. The summed E-state index contributed by atoms with van der Waals surface area (Å²) in [5.74, 6) is -0.445. The largest absolute Gasteiger partial charge is 0.481 e. The van der Waals surface area contributed by atoms with E-state index in [2.05, 4.69) is 6.58 Å². The minimum atomic E-state index is -1.50. The molecule has 0 saturated heterocycles. The molecule has 3 nitrogen and oxygen atoms in total. The van der Waals surface area contributed by atoms with Crippen molar-refractivity contribution < 1.29 is 14.9 Å². The quantitative estimate of drug-likeness (QED) is 0.643. The zero-order chi connectivity index (χ0) is 17.7. The standard InChI is InChI=1S/C22H20O3/c1-17(23)25-21(18-11-5-2-6-12-18)22(24,19-13-7-3-8-14-19)20-15-9-4-10-16-20/h2-16,21,23-24H,1H2/t21-/m0/s1. The van der Waals surface area contributed by atoms with Gasteiger partial charge in [-0.1, -0.05) is 91.0 Å². The molecule has 3 aromatic rings. The van der Waals surface area contributed by atoms with Crippen LogP contribution in [0.15, 0.2) is 104 Å². The van der Waals surface area contributed by atoms with E-state index in [4.69, 9.17) is 4.74 Å². The summed E-state index contributed by atoms with van der Waals surface area (Å²) in [5, 5.41) is 21.6. The molecule has 0 aliphatic rings. The molecule has 3 rings (SSSR count). The maximum absolute atomic E-state index is 11.8. The first-order chi connectivity index (χ1) is 12.1. The van der Waals surface area contributed by atoms with Crippen LogP contribution in [0.5, 0.6) is 0 Å². The van der Waals surface area contributed by atoms with E-state index in [0.717, 1.165) is 5.56 Å². The predicted octanol–water partition coefficient (Wildman–Crippen LogP) is 4.71. The van der Waals surface area contributed by atoms with Crippen molar-refractivity contribution in [3.8, 4) is 0 Å². The molecule has 0 bridgehead atoms. The van der Waals surface area contributed by atoms with E-state index in [-0.39, 0.29) is 0 Å². The van der Waals surface area contributed by atoms with Crippen molar-refractivity contribution in [2.24, 2.45) is 0 Å². The first kappa shape index (κ1) is 16.8. The number of ether oxygens (including phenoxy) is 1. The highest BCUT2D eigenvalue weighted by molar-refractivity contribution is 5.40. The second-order valence-corrected chi connectivity index (χ2v) is 5.80. The number of rotatable bonds is 6. The van der Waals surface area contributed by atoms with Gasteiger partial charge in [0.15, 0.2) is 11.7 Å². The van der Waals surface area contributed by atoms with E-state index in [1.165, 1.54) is 0 Å². The van der Waals surface area contributed by atoms with E-state index in [0.29, 0.717) is 11.1 Å². The van der Waals surface area contributed by atoms with Gasteiger partial charge in [-0.15, -0.1) is 0 Å². The topological polar surface area (TPSA) is 49.7 Å². The molecule has 2 N–H and O–H groups in total. The Balaban J connectivity index is 2.22. The Morgan fingerprint density at radius 2 is 1.16 bits per heavy atom. The van der Waals surface area contributed by atoms with Crippen LogP contribution in [0.1, 0.15) is 22.8 Å². The Morgan fingerprint density at radius 1 is 0.760 bits per heavy atom. The predicted molar refractivity (Wildman–Crippen MR) is 97.9 cm³/mol. The van der Waals surface area contributed by atoms with Gasteiger partial charge in [-0.05, 0) is 23.3 Å². The fourth-order valence-corrected chi connectivity index (χ4v) is 3.01. The highest BCUT2D eigenvalue weighted by Gasteiger charge is 2.43. The van der Waals surface area contributed by atoms with Crippen molar-refractivity contribution in [1.82, 2.24) is 0 Å². The summed E-state index contributed by atoms with van der Waals surface area (Å²) >= 11 is 0. The van der Waals surface area contributed by atoms with Gasteiger partial charge in [-0.3, -0.25) is 0 Å². The molecule has 0 spiro atoms. The number of hydrogen-bond donors (Lipinski definition) is 2. The molecular weight excluding hydrogens is 312 g/mol. The number of aliphatic hydroxyl groups excluding tert-OH is 1. The van der Waals surface area contributed by atoms with Crippen LogP contribution in [-0.2, 0) is 10.3 Å². The highest BCUT2D eigenvalue weighted by Crippen LogP contribution is 2.43. The van der Waals surface area contributed by atoms with Crippen molar-refractivity contribution in [3.05, 3.63) is 120 Å². The van der Waals surface area contributed by atoms with Crippen molar-refractivity contribution >= 4 is 0 Å². The number of benzene rings is 3. The molecule has 0 radical (unpaired) electrons. The average molecular weight is 332 g/mol. The average Bonchev–Trinajstić information content (AvgIpc) is 2.67. The Morgan fingerprint density at radius 3 is 1.56 bits per heavy atom. The summed E-state index contributed by atoms with van der Waals surface area (Å²) in [6, 6.07) is 27.9. The van der Waals surface area contributed by atoms with Gasteiger partial charge in [0.1, 0.15) is 0 Å². The fourth-order valence-electron chi connectivity index (χ4n) is 3.01. The summed E-state index contributed by atoms with van der Waals surface area (Å²) in [4.78, 5) is 0. The molecule has 0 fully saturated rings. The van der Waals surface area contributed by atoms with Crippen molar-refractivity contribution in [1.29, 1.82) is 0 Å². The summed E-state index contributed by atoms with van der Waals surface area (Å²) in [7, 11) is 0. The summed E-state index contributed by atoms with van der Waals surface area (Å²) in [6.07, 6.45) is -0.865. The van der Waals surface area contributed by atoms with E-state index >= 15 is 0 Å². The second kappa shape index (κ2) is 7.24. The minimum Gasteiger partial charge on any atom is -0.481 e. The van der Waals surface area contributed by atoms with Gasteiger partial charge in [0.05, 0.1) is 0 Å². The van der Waals surface area contributed by atoms with Crippen LogP contribution in [0.2, 0.25) is 0 Å². The zero-order valence-electron chi connectivity index (χ0n) is 13.7. The SMILES string of the molecule is C=C(O)O[C@@H](c1ccccc1)C(O)(c1ccccc1)c1ccccc1. The van der Waals surface area contributed by atoms with Crippen LogP contribution in [0.3, 0.4) is 0 Å². The molecule has 25 heavy (non-hydrogen) atoms. The lowest BCUT2D eigenvalue weighted by atomic mass is 9.79. The number of aliphatic hydroxyl groups is 2. The molecule has 0 amide bonds. The Bertz CT molecular complexity index is 774. The van der Waals surface area contributed by atoms with Crippen LogP contribution >= 0.6 is 0 Å². The molecule has 1 atom stereocenters. The molecule has 126 valence electrons. The smallest absolute Gasteiger partial charge is 0.269 e. The normalized spacial score (nSPS) is 12.4. The van der Waals surface area contributed by atoms with Gasteiger partial charge < -0.3 is 14.9 Å². The van der Waals surface area contributed by atoms with Crippen LogP contribution < -0.4 is 0 Å². The maximum Gasteiger partial charge on any atom is 0.269 e. The fraction of sp³-hybridized carbons (Fsp3) is 0.0909. The lowest BCUT2D eigenvalue weighted by Gasteiger charge is -2.37. The van der Waals surface area contributed by atoms with E-state index in [9.17, 15) is 10.2 Å².